The Kier molecular flexibility index (Phi) is 6.29. The van der Waals surface area contributed by atoms with Crippen LogP contribution in [0.15, 0.2) is 24.3 Å². The summed E-state index contributed by atoms with van der Waals surface area (Å²) in [6.45, 7) is 7.93. The van der Waals surface area contributed by atoms with Gasteiger partial charge in [-0.2, -0.15) is 9.50 Å². The zero-order valence-electron chi connectivity index (χ0n) is 17.7. The average molecular weight is 409 g/mol. The maximum absolute atomic E-state index is 12.5. The molecule has 9 nitrogen and oxygen atoms in total. The second-order valence-corrected chi connectivity index (χ2v) is 7.40. The predicted molar refractivity (Wildman–Crippen MR) is 115 cm³/mol. The van der Waals surface area contributed by atoms with E-state index < -0.39 is 0 Å². The summed E-state index contributed by atoms with van der Waals surface area (Å²) in [7, 11) is 0. The molecule has 4 N–H and O–H groups in total. The number of amides is 2. The van der Waals surface area contributed by atoms with Crippen LogP contribution in [0.25, 0.3) is 5.78 Å². The molecule has 30 heavy (non-hydrogen) atoms. The van der Waals surface area contributed by atoms with Crippen LogP contribution in [0.2, 0.25) is 0 Å². The van der Waals surface area contributed by atoms with Crippen molar-refractivity contribution in [1.82, 2.24) is 24.9 Å². The molecule has 0 radical (unpaired) electrons. The summed E-state index contributed by atoms with van der Waals surface area (Å²) in [5.41, 5.74) is 9.56. The van der Waals surface area contributed by atoms with E-state index in [2.05, 4.69) is 25.7 Å². The summed E-state index contributed by atoms with van der Waals surface area (Å²) in [5, 5.41) is 9.95. The van der Waals surface area contributed by atoms with Crippen molar-refractivity contribution in [2.24, 2.45) is 5.92 Å². The van der Waals surface area contributed by atoms with Crippen LogP contribution < -0.4 is 16.4 Å². The van der Waals surface area contributed by atoms with Crippen molar-refractivity contribution in [3.8, 4) is 0 Å². The zero-order valence-corrected chi connectivity index (χ0v) is 17.7. The number of hydrogen-bond acceptors (Lipinski definition) is 6. The predicted octanol–water partition coefficient (Wildman–Crippen LogP) is 2.17. The number of carbonyl (C=O) groups excluding carboxylic acids is 2. The minimum atomic E-state index is -0.135. The summed E-state index contributed by atoms with van der Waals surface area (Å²) in [6.07, 6.45) is 0.951. The first-order valence-corrected chi connectivity index (χ1v) is 9.93. The van der Waals surface area contributed by atoms with Crippen molar-refractivity contribution in [1.29, 1.82) is 0 Å². The smallest absolute Gasteiger partial charge is 0.254 e. The van der Waals surface area contributed by atoms with Gasteiger partial charge < -0.3 is 16.4 Å². The number of anilines is 2. The summed E-state index contributed by atoms with van der Waals surface area (Å²) in [4.78, 5) is 33.1. The van der Waals surface area contributed by atoms with Crippen molar-refractivity contribution >= 4 is 29.2 Å². The third-order valence-corrected chi connectivity index (χ3v) is 5.15. The number of aryl methyl sites for hydroxylation is 2. The lowest BCUT2D eigenvalue weighted by Crippen LogP contribution is -2.26. The van der Waals surface area contributed by atoms with E-state index in [1.54, 1.807) is 4.52 Å². The molecule has 158 valence electrons. The average Bonchev–Trinajstić information content (AvgIpc) is 3.09. The van der Waals surface area contributed by atoms with Crippen molar-refractivity contribution in [3.05, 3.63) is 46.8 Å². The van der Waals surface area contributed by atoms with E-state index in [1.165, 1.54) is 0 Å². The van der Waals surface area contributed by atoms with Crippen LogP contribution in [0.1, 0.15) is 42.8 Å². The van der Waals surface area contributed by atoms with Crippen molar-refractivity contribution in [2.45, 2.75) is 47.1 Å². The maximum atomic E-state index is 12.5. The molecule has 0 fully saturated rings. The highest BCUT2D eigenvalue weighted by Gasteiger charge is 2.15. The second-order valence-electron chi connectivity index (χ2n) is 7.40. The summed E-state index contributed by atoms with van der Waals surface area (Å²) in [5.74, 6) is 0.367. The van der Waals surface area contributed by atoms with Gasteiger partial charge >= 0.3 is 0 Å². The highest BCUT2D eigenvalue weighted by molar-refractivity contribution is 5.92. The molecule has 0 aliphatic rings. The van der Waals surface area contributed by atoms with Crippen LogP contribution in [0, 0.1) is 19.8 Å². The molecular weight excluding hydrogens is 382 g/mol. The molecule has 3 aromatic rings. The standard InChI is InChI=1S/C21H27N7O2/c1-5-12(2)19(30)25-16-8-6-7-15(9-16)11-23-18(29)10-17-13(3)24-21-26-20(22)27-28(21)14(17)4/h6-9,12H,5,10-11H2,1-4H3,(H2,22,27)(H,23,29)(H,25,30). The molecule has 1 unspecified atom stereocenters. The van der Waals surface area contributed by atoms with Gasteiger partial charge in [0.1, 0.15) is 0 Å². The minimum Gasteiger partial charge on any atom is -0.366 e. The fraction of sp³-hybridized carbons (Fsp3) is 0.381. The first kappa shape index (κ1) is 21.2. The van der Waals surface area contributed by atoms with E-state index >= 15 is 0 Å². The number of carbonyl (C=O) groups is 2. The number of nitrogens with two attached hydrogens (primary N) is 1. The minimum absolute atomic E-state index is 0.0127. The topological polar surface area (TPSA) is 127 Å². The SMILES string of the molecule is CCC(C)C(=O)Nc1cccc(CNC(=O)Cc2c(C)nc3nc(N)nn3c2C)c1. The van der Waals surface area contributed by atoms with E-state index in [1.807, 2.05) is 52.0 Å². The van der Waals surface area contributed by atoms with Gasteiger partial charge in [0.15, 0.2) is 0 Å². The molecule has 0 bridgehead atoms. The number of benzene rings is 1. The molecular formula is C21H27N7O2. The molecule has 0 aliphatic carbocycles. The number of rotatable bonds is 7. The van der Waals surface area contributed by atoms with E-state index in [-0.39, 0.29) is 30.1 Å². The molecule has 0 saturated heterocycles. The lowest BCUT2D eigenvalue weighted by Gasteiger charge is -2.12. The lowest BCUT2D eigenvalue weighted by atomic mass is 10.1. The molecule has 0 spiro atoms. The quantitative estimate of drug-likeness (QED) is 0.549. The van der Waals surface area contributed by atoms with Crippen molar-refractivity contribution in [2.75, 3.05) is 11.1 Å². The Morgan fingerprint density at radius 1 is 1.23 bits per heavy atom. The largest absolute Gasteiger partial charge is 0.366 e. The van der Waals surface area contributed by atoms with Gasteiger partial charge in [-0.05, 0) is 38.0 Å². The van der Waals surface area contributed by atoms with Crippen LogP contribution in [-0.4, -0.2) is 31.4 Å². The van der Waals surface area contributed by atoms with Crippen molar-refractivity contribution < 1.29 is 9.59 Å². The molecule has 1 aromatic carbocycles. The Morgan fingerprint density at radius 3 is 2.73 bits per heavy atom. The van der Waals surface area contributed by atoms with Crippen LogP contribution >= 0.6 is 0 Å². The van der Waals surface area contributed by atoms with Gasteiger partial charge in [-0.15, -0.1) is 5.10 Å². The number of nitrogens with zero attached hydrogens (tertiary/aromatic N) is 4. The Hall–Kier alpha value is -3.49. The number of nitrogen functional groups attached to an aromatic ring is 1. The van der Waals surface area contributed by atoms with Gasteiger partial charge in [0.05, 0.1) is 6.42 Å². The fourth-order valence-corrected chi connectivity index (χ4v) is 3.11. The Balaban J connectivity index is 1.65. The van der Waals surface area contributed by atoms with Gasteiger partial charge in [-0.25, -0.2) is 4.98 Å². The third kappa shape index (κ3) is 4.73. The molecule has 1 atom stereocenters. The molecule has 9 heteroatoms. The van der Waals surface area contributed by atoms with Gasteiger partial charge in [0, 0.05) is 35.1 Å². The Bertz CT molecular complexity index is 1090. The second kappa shape index (κ2) is 8.89. The first-order chi connectivity index (χ1) is 14.3. The molecule has 3 rings (SSSR count). The summed E-state index contributed by atoms with van der Waals surface area (Å²) in [6, 6.07) is 7.46. The van der Waals surface area contributed by atoms with Crippen molar-refractivity contribution in [3.63, 3.8) is 0 Å². The lowest BCUT2D eigenvalue weighted by molar-refractivity contribution is -0.121. The van der Waals surface area contributed by atoms with Gasteiger partial charge in [-0.1, -0.05) is 26.0 Å². The monoisotopic (exact) mass is 409 g/mol. The number of nitrogens with one attached hydrogen (secondary N) is 2. The molecule has 0 saturated carbocycles. The molecule has 2 amide bonds. The number of aromatic nitrogens is 4. The summed E-state index contributed by atoms with van der Waals surface area (Å²) < 4.78 is 1.55. The van der Waals surface area contributed by atoms with E-state index in [0.717, 1.165) is 34.6 Å². The molecule has 0 aliphatic heterocycles. The fourth-order valence-electron chi connectivity index (χ4n) is 3.11. The van der Waals surface area contributed by atoms with Crippen LogP contribution in [0.4, 0.5) is 11.6 Å². The zero-order chi connectivity index (χ0) is 21.8. The van der Waals surface area contributed by atoms with Crippen LogP contribution in [0.3, 0.4) is 0 Å². The molecule has 2 aromatic heterocycles. The van der Waals surface area contributed by atoms with E-state index in [0.29, 0.717) is 12.3 Å². The van der Waals surface area contributed by atoms with Crippen LogP contribution in [-0.2, 0) is 22.6 Å². The maximum Gasteiger partial charge on any atom is 0.254 e. The number of hydrogen-bond donors (Lipinski definition) is 3. The highest BCUT2D eigenvalue weighted by atomic mass is 16.2. The van der Waals surface area contributed by atoms with Crippen LogP contribution in [0.5, 0.6) is 0 Å². The summed E-state index contributed by atoms with van der Waals surface area (Å²) >= 11 is 0. The third-order valence-electron chi connectivity index (χ3n) is 5.15. The highest BCUT2D eigenvalue weighted by Crippen LogP contribution is 2.16. The number of fused-ring (bicyclic) bond motifs is 1. The van der Waals surface area contributed by atoms with E-state index in [9.17, 15) is 9.59 Å². The van der Waals surface area contributed by atoms with Gasteiger partial charge in [0.2, 0.25) is 17.8 Å². The molecule has 2 heterocycles. The Morgan fingerprint density at radius 2 is 2.00 bits per heavy atom. The first-order valence-electron chi connectivity index (χ1n) is 9.93. The van der Waals surface area contributed by atoms with Gasteiger partial charge in [-0.3, -0.25) is 9.59 Å². The normalized spacial score (nSPS) is 12.0. The van der Waals surface area contributed by atoms with E-state index in [4.69, 9.17) is 5.73 Å². The Labute approximate surface area is 175 Å². The van der Waals surface area contributed by atoms with Gasteiger partial charge in [0.25, 0.3) is 5.78 Å².